The summed E-state index contributed by atoms with van der Waals surface area (Å²) < 4.78 is 72.1. The number of aromatic amines is 1. The van der Waals surface area contributed by atoms with Gasteiger partial charge in [0.05, 0.1) is 11.1 Å². The maximum atomic E-state index is 13.6. The van der Waals surface area contributed by atoms with E-state index in [1.807, 2.05) is 12.1 Å². The zero-order valence-electron chi connectivity index (χ0n) is 25.7. The third-order valence-electron chi connectivity index (χ3n) is 7.22. The minimum Gasteiger partial charge on any atom is -0.421 e. The maximum Gasteiger partial charge on any atom is 0.269 e. The topological polar surface area (TPSA) is 176 Å². The van der Waals surface area contributed by atoms with Gasteiger partial charge in [0, 0.05) is 29.4 Å². The molecule has 4 aromatic carbocycles. The van der Waals surface area contributed by atoms with Gasteiger partial charge in [-0.1, -0.05) is 0 Å². The van der Waals surface area contributed by atoms with Gasteiger partial charge in [-0.2, -0.15) is 10.4 Å². The lowest BCUT2D eigenvalue weighted by atomic mass is 10.1. The largest absolute Gasteiger partial charge is 0.421 e. The minimum atomic E-state index is -0.764. The number of benzene rings is 4. The average Bonchev–Trinajstić information content (AvgIpc) is 3.74. The maximum absolute atomic E-state index is 13.6. The van der Waals surface area contributed by atoms with Crippen LogP contribution in [0, 0.1) is 40.4 Å². The zero-order chi connectivity index (χ0) is 35.8. The lowest BCUT2D eigenvalue weighted by Crippen LogP contribution is -2.41. The highest BCUT2D eigenvalue weighted by Gasteiger charge is 2.14. The molecule has 0 saturated heterocycles. The summed E-state index contributed by atoms with van der Waals surface area (Å²) in [5.41, 5.74) is 11.5. The van der Waals surface area contributed by atoms with Gasteiger partial charge in [-0.05, 0) is 96.8 Å². The number of rotatable bonds is 8. The van der Waals surface area contributed by atoms with Gasteiger partial charge >= 0.3 is 0 Å². The highest BCUT2D eigenvalue weighted by atomic mass is 19.1. The van der Waals surface area contributed by atoms with Crippen molar-refractivity contribution in [2.24, 2.45) is 0 Å². The van der Waals surface area contributed by atoms with Gasteiger partial charge in [0.2, 0.25) is 17.7 Å². The Kier molecular flexibility index (Phi) is 10.8. The summed E-state index contributed by atoms with van der Waals surface area (Å²) >= 11 is 0. The van der Waals surface area contributed by atoms with Crippen molar-refractivity contribution in [3.63, 3.8) is 0 Å². The summed E-state index contributed by atoms with van der Waals surface area (Å²) in [5.74, 6) is -3.25. The summed E-state index contributed by atoms with van der Waals surface area (Å²) in [7, 11) is 0. The molecule has 0 spiro atoms. The first-order chi connectivity index (χ1) is 24.0. The number of hydrogen-bond acceptors (Lipinski definition) is 8. The second kappa shape index (κ2) is 15.5. The number of amides is 2. The number of nitrogens with zero attached hydrogens (tertiary/aromatic N) is 4. The number of nitrogens with two attached hydrogens (primary N) is 1. The van der Waals surface area contributed by atoms with E-state index in [2.05, 4.69) is 31.2 Å². The molecule has 0 aliphatic rings. The number of carbonyl (C=O) groups is 2. The number of H-pyrrole nitrogens is 1. The molecule has 6 aromatic rings. The van der Waals surface area contributed by atoms with E-state index in [9.17, 15) is 31.5 Å². The third-order valence-corrected chi connectivity index (χ3v) is 7.22. The van der Waals surface area contributed by atoms with E-state index in [1.165, 1.54) is 6.07 Å². The van der Waals surface area contributed by atoms with Crippen LogP contribution in [0.15, 0.2) is 77.2 Å². The van der Waals surface area contributed by atoms with Gasteiger partial charge in [0.15, 0.2) is 5.82 Å². The number of fused-ring (bicyclic) bond motifs is 1. The zero-order valence-corrected chi connectivity index (χ0v) is 25.7. The normalized spacial score (nSPS) is 10.6. The number of anilines is 1. The van der Waals surface area contributed by atoms with E-state index in [4.69, 9.17) is 15.4 Å². The molecule has 0 bridgehead atoms. The Morgan fingerprint density at radius 1 is 0.800 bits per heavy atom. The minimum absolute atomic E-state index is 0.0191. The number of aryl methyl sites for hydroxylation is 3. The van der Waals surface area contributed by atoms with Crippen LogP contribution in [-0.2, 0) is 24.1 Å². The summed E-state index contributed by atoms with van der Waals surface area (Å²) in [6.07, 6.45) is 0.330. The van der Waals surface area contributed by atoms with Crippen molar-refractivity contribution in [1.29, 1.82) is 5.26 Å². The molecule has 0 aliphatic carbocycles. The fourth-order valence-electron chi connectivity index (χ4n) is 4.61. The quantitative estimate of drug-likeness (QED) is 0.118. The number of nitrogen functional groups attached to an aromatic ring is 1. The molecule has 5 N–H and O–H groups in total. The van der Waals surface area contributed by atoms with Crippen molar-refractivity contribution < 1.29 is 36.0 Å². The van der Waals surface area contributed by atoms with Crippen molar-refractivity contribution in [1.82, 2.24) is 31.2 Å². The number of aromatic nitrogens is 4. The van der Waals surface area contributed by atoms with Crippen molar-refractivity contribution >= 4 is 28.5 Å². The van der Waals surface area contributed by atoms with Crippen LogP contribution >= 0.6 is 0 Å². The highest BCUT2D eigenvalue weighted by molar-refractivity contribution is 5.95. The Hall–Kier alpha value is -6.63. The average molecular weight is 689 g/mol. The van der Waals surface area contributed by atoms with Gasteiger partial charge in [-0.15, -0.1) is 10.2 Å². The first-order valence-electron chi connectivity index (χ1n) is 14.7. The van der Waals surface area contributed by atoms with Gasteiger partial charge in [0.1, 0.15) is 35.2 Å². The molecular formula is C34H25F5N8O3. The van der Waals surface area contributed by atoms with E-state index >= 15 is 0 Å². The molecule has 50 heavy (non-hydrogen) atoms. The van der Waals surface area contributed by atoms with Gasteiger partial charge in [-0.3, -0.25) is 25.5 Å². The Labute approximate surface area is 279 Å². The Balaban J connectivity index is 0.000000194. The van der Waals surface area contributed by atoms with Crippen molar-refractivity contribution in [3.8, 4) is 17.5 Å². The van der Waals surface area contributed by atoms with Crippen LogP contribution in [0.5, 0.6) is 0 Å². The number of hydrogen-bond donors (Lipinski definition) is 4. The Morgan fingerprint density at radius 3 is 2.18 bits per heavy atom. The number of hydrazine groups is 1. The van der Waals surface area contributed by atoms with Gasteiger partial charge in [0.25, 0.3) is 5.91 Å². The van der Waals surface area contributed by atoms with Crippen molar-refractivity contribution in [3.05, 3.63) is 130 Å². The molecule has 6 rings (SSSR count). The molecular weight excluding hydrogens is 663 g/mol. The lowest BCUT2D eigenvalue weighted by Gasteiger charge is -2.08. The fraction of sp³-hybridized carbons (Fsp3) is 0.118. The monoisotopic (exact) mass is 688 g/mol. The highest BCUT2D eigenvalue weighted by Crippen LogP contribution is 2.26. The standard InChI is InChI=1S/C17H12F3N3O2.C17H13F2N5O/c18-13-3-5-14(19)10(8-13)2-6-16(24)22-23-17(25)11-1-4-15(20)12(7-11)9-21;18-11-3-4-13(19)9(7-11)2-6-15-22-24-17(25-15)10-1-5-14-12(8-10)16(20)23-21-14/h1,3-5,7-8H,2,6H2,(H,22,24)(H,23,25);1,3-5,7-8H,2,6H2,(H3,20,21,23). The summed E-state index contributed by atoms with van der Waals surface area (Å²) in [5, 5.41) is 24.2. The van der Waals surface area contributed by atoms with Crippen LogP contribution in [0.2, 0.25) is 0 Å². The van der Waals surface area contributed by atoms with E-state index in [1.54, 1.807) is 12.1 Å². The van der Waals surface area contributed by atoms with Crippen LogP contribution in [0.3, 0.4) is 0 Å². The summed E-state index contributed by atoms with van der Waals surface area (Å²) in [6, 6.07) is 16.5. The molecule has 2 amide bonds. The van der Waals surface area contributed by atoms with Gasteiger partial charge in [-0.25, -0.2) is 22.0 Å². The third kappa shape index (κ3) is 8.63. The van der Waals surface area contributed by atoms with Crippen molar-refractivity contribution in [2.45, 2.75) is 25.7 Å². The number of carbonyl (C=O) groups excluding carboxylic acids is 2. The van der Waals surface area contributed by atoms with Crippen molar-refractivity contribution in [2.75, 3.05) is 5.73 Å². The second-order valence-electron chi connectivity index (χ2n) is 10.7. The number of halogens is 5. The molecule has 0 saturated carbocycles. The fourth-order valence-corrected chi connectivity index (χ4v) is 4.61. The van der Waals surface area contributed by atoms with Crippen LogP contribution < -0.4 is 16.6 Å². The smallest absolute Gasteiger partial charge is 0.269 e. The number of nitrogens with one attached hydrogen (secondary N) is 3. The second-order valence-corrected chi connectivity index (χ2v) is 10.7. The molecule has 0 radical (unpaired) electrons. The van der Waals surface area contributed by atoms with Gasteiger partial charge < -0.3 is 10.2 Å². The van der Waals surface area contributed by atoms with Crippen LogP contribution in [-0.4, -0.2) is 32.2 Å². The summed E-state index contributed by atoms with van der Waals surface area (Å²) in [4.78, 5) is 23.5. The molecule has 11 nitrogen and oxygen atoms in total. The van der Waals surface area contributed by atoms with E-state index in [0.29, 0.717) is 29.6 Å². The van der Waals surface area contributed by atoms with E-state index in [0.717, 1.165) is 59.4 Å². The molecule has 0 fully saturated rings. The predicted octanol–water partition coefficient (Wildman–Crippen LogP) is 5.63. The molecule has 0 aliphatic heterocycles. The number of nitriles is 1. The molecule has 2 aromatic heterocycles. The van der Waals surface area contributed by atoms with Crippen LogP contribution in [0.4, 0.5) is 27.8 Å². The molecule has 0 unspecified atom stereocenters. The predicted molar refractivity (Wildman–Crippen MR) is 169 cm³/mol. The molecule has 0 atom stereocenters. The Morgan fingerprint density at radius 2 is 1.48 bits per heavy atom. The van der Waals surface area contributed by atoms with Crippen LogP contribution in [0.25, 0.3) is 22.4 Å². The Bertz CT molecular complexity index is 2230. The molecule has 2 heterocycles. The lowest BCUT2D eigenvalue weighted by molar-refractivity contribution is -0.121. The summed E-state index contributed by atoms with van der Waals surface area (Å²) in [6.45, 7) is 0. The first-order valence-corrected chi connectivity index (χ1v) is 14.7. The molecule has 16 heteroatoms. The molecule has 254 valence electrons. The first kappa shape index (κ1) is 34.7. The van der Waals surface area contributed by atoms with E-state index in [-0.39, 0.29) is 41.5 Å². The van der Waals surface area contributed by atoms with E-state index < -0.39 is 40.9 Å². The SMILES string of the molecule is N#Cc1cc(C(=O)NNC(=O)CCc2cc(F)ccc2F)ccc1F.Nc1n[nH]c2ccc(-c3nnc(CCc4cc(F)ccc4F)o3)cc12. The van der Waals surface area contributed by atoms with Crippen LogP contribution in [0.1, 0.15) is 39.4 Å².